The highest BCUT2D eigenvalue weighted by Gasteiger charge is 2.15. The summed E-state index contributed by atoms with van der Waals surface area (Å²) in [6.45, 7) is 5.47. The van der Waals surface area contributed by atoms with Gasteiger partial charge in [-0.15, -0.1) is 0 Å². The highest BCUT2D eigenvalue weighted by molar-refractivity contribution is 6.29. The second kappa shape index (κ2) is 5.82. The number of amides is 1. The standard InChI is InChI=1S/C12H15ClN2O3/c1-12(2,3)18-11(17)14-6-9-4-8(7-16)5-10(13)15-9/h4-5,7H,6H2,1-3H3,(H,14,17). The number of hydrogen-bond donors (Lipinski definition) is 1. The quantitative estimate of drug-likeness (QED) is 0.677. The molecule has 1 rings (SSSR count). The number of rotatable bonds is 3. The number of aldehydes is 1. The van der Waals surface area contributed by atoms with Crippen LogP contribution in [0.5, 0.6) is 0 Å². The minimum Gasteiger partial charge on any atom is -0.444 e. The Labute approximate surface area is 110 Å². The molecule has 0 aliphatic rings. The number of ether oxygens (including phenoxy) is 1. The molecule has 1 N–H and O–H groups in total. The third-order valence-electron chi connectivity index (χ3n) is 1.82. The van der Waals surface area contributed by atoms with Gasteiger partial charge in [0.2, 0.25) is 0 Å². The van der Waals surface area contributed by atoms with E-state index in [1.54, 1.807) is 26.8 Å². The fraction of sp³-hybridized carbons (Fsp3) is 0.417. The first-order valence-electron chi connectivity index (χ1n) is 5.38. The Kier molecular flexibility index (Phi) is 4.67. The maximum atomic E-state index is 11.4. The van der Waals surface area contributed by atoms with Crippen LogP contribution in [0.4, 0.5) is 4.79 Å². The van der Waals surface area contributed by atoms with Crippen molar-refractivity contribution >= 4 is 24.0 Å². The summed E-state index contributed by atoms with van der Waals surface area (Å²) in [6.07, 6.45) is 0.127. The van der Waals surface area contributed by atoms with Gasteiger partial charge in [0.1, 0.15) is 17.0 Å². The fourth-order valence-electron chi connectivity index (χ4n) is 1.21. The van der Waals surface area contributed by atoms with E-state index in [4.69, 9.17) is 16.3 Å². The zero-order chi connectivity index (χ0) is 13.8. The molecule has 0 aromatic carbocycles. The van der Waals surface area contributed by atoms with Crippen molar-refractivity contribution in [1.29, 1.82) is 0 Å². The number of carbonyl (C=O) groups excluding carboxylic acids is 2. The molecule has 98 valence electrons. The molecule has 0 bridgehead atoms. The van der Waals surface area contributed by atoms with Crippen LogP contribution in [0, 0.1) is 0 Å². The van der Waals surface area contributed by atoms with Crippen LogP contribution in [0.15, 0.2) is 12.1 Å². The Morgan fingerprint density at radius 2 is 2.17 bits per heavy atom. The highest BCUT2D eigenvalue weighted by Crippen LogP contribution is 2.10. The van der Waals surface area contributed by atoms with Crippen molar-refractivity contribution in [3.8, 4) is 0 Å². The van der Waals surface area contributed by atoms with E-state index in [2.05, 4.69) is 10.3 Å². The minimum atomic E-state index is -0.556. The zero-order valence-corrected chi connectivity index (χ0v) is 11.2. The normalized spacial score (nSPS) is 10.9. The molecule has 0 fully saturated rings. The molecule has 5 nitrogen and oxygen atoms in total. The van der Waals surface area contributed by atoms with Gasteiger partial charge >= 0.3 is 6.09 Å². The van der Waals surface area contributed by atoms with Crippen LogP contribution in [0.3, 0.4) is 0 Å². The first kappa shape index (κ1) is 14.4. The first-order chi connectivity index (χ1) is 8.30. The Morgan fingerprint density at radius 3 is 2.72 bits per heavy atom. The third kappa shape index (κ3) is 5.14. The van der Waals surface area contributed by atoms with Crippen molar-refractivity contribution in [2.45, 2.75) is 32.9 Å². The number of aromatic nitrogens is 1. The van der Waals surface area contributed by atoms with Gasteiger partial charge < -0.3 is 10.1 Å². The predicted octanol–water partition coefficient (Wildman–Crippen LogP) is 2.57. The van der Waals surface area contributed by atoms with Crippen molar-refractivity contribution in [2.75, 3.05) is 0 Å². The summed E-state index contributed by atoms with van der Waals surface area (Å²) in [6, 6.07) is 3.00. The fourth-order valence-corrected chi connectivity index (χ4v) is 1.44. The van der Waals surface area contributed by atoms with Crippen LogP contribution >= 0.6 is 11.6 Å². The largest absolute Gasteiger partial charge is 0.444 e. The zero-order valence-electron chi connectivity index (χ0n) is 10.5. The van der Waals surface area contributed by atoms with E-state index in [9.17, 15) is 9.59 Å². The molecule has 6 heteroatoms. The SMILES string of the molecule is CC(C)(C)OC(=O)NCc1cc(C=O)cc(Cl)n1. The molecule has 0 aliphatic heterocycles. The maximum absolute atomic E-state index is 11.4. The Balaban J connectivity index is 2.61. The van der Waals surface area contributed by atoms with E-state index in [1.807, 2.05) is 0 Å². The predicted molar refractivity (Wildman–Crippen MR) is 67.7 cm³/mol. The average Bonchev–Trinajstić information content (AvgIpc) is 2.23. The van der Waals surface area contributed by atoms with Crippen LogP contribution in [-0.4, -0.2) is 23.0 Å². The lowest BCUT2D eigenvalue weighted by atomic mass is 10.2. The number of alkyl carbamates (subject to hydrolysis) is 1. The smallest absolute Gasteiger partial charge is 0.407 e. The molecule has 0 saturated carbocycles. The van der Waals surface area contributed by atoms with E-state index in [0.717, 1.165) is 0 Å². The van der Waals surface area contributed by atoms with Gasteiger partial charge in [-0.3, -0.25) is 4.79 Å². The molecule has 0 aliphatic carbocycles. The number of halogens is 1. The van der Waals surface area contributed by atoms with Crippen molar-refractivity contribution in [3.63, 3.8) is 0 Å². The molecule has 1 aromatic rings. The molecule has 1 aromatic heterocycles. The highest BCUT2D eigenvalue weighted by atomic mass is 35.5. The summed E-state index contributed by atoms with van der Waals surface area (Å²) >= 11 is 5.74. The molecular formula is C12H15ClN2O3. The number of pyridine rings is 1. The first-order valence-corrected chi connectivity index (χ1v) is 5.76. The summed E-state index contributed by atoms with van der Waals surface area (Å²) < 4.78 is 5.07. The molecule has 0 spiro atoms. The molecule has 0 unspecified atom stereocenters. The summed E-state index contributed by atoms with van der Waals surface area (Å²) in [5, 5.41) is 2.74. The lowest BCUT2D eigenvalue weighted by molar-refractivity contribution is 0.0523. The summed E-state index contributed by atoms with van der Waals surface area (Å²) in [5.41, 5.74) is 0.353. The number of nitrogens with one attached hydrogen (secondary N) is 1. The van der Waals surface area contributed by atoms with Gasteiger partial charge in [-0.25, -0.2) is 9.78 Å². The molecular weight excluding hydrogens is 256 g/mol. The van der Waals surface area contributed by atoms with Gasteiger partial charge in [-0.05, 0) is 32.9 Å². The van der Waals surface area contributed by atoms with Crippen LogP contribution in [-0.2, 0) is 11.3 Å². The maximum Gasteiger partial charge on any atom is 0.407 e. The van der Waals surface area contributed by atoms with E-state index >= 15 is 0 Å². The van der Waals surface area contributed by atoms with Crippen molar-refractivity contribution in [1.82, 2.24) is 10.3 Å². The van der Waals surface area contributed by atoms with Crippen LogP contribution in [0.25, 0.3) is 0 Å². The monoisotopic (exact) mass is 270 g/mol. The van der Waals surface area contributed by atoms with Crippen molar-refractivity contribution in [2.24, 2.45) is 0 Å². The molecule has 1 heterocycles. The van der Waals surface area contributed by atoms with Crippen molar-refractivity contribution < 1.29 is 14.3 Å². The second-order valence-electron chi connectivity index (χ2n) is 4.69. The molecule has 18 heavy (non-hydrogen) atoms. The average molecular weight is 271 g/mol. The molecule has 0 radical (unpaired) electrons. The minimum absolute atomic E-state index is 0.149. The third-order valence-corrected chi connectivity index (χ3v) is 2.01. The Morgan fingerprint density at radius 1 is 1.50 bits per heavy atom. The summed E-state index contributed by atoms with van der Waals surface area (Å²) in [7, 11) is 0. The number of carbonyl (C=O) groups is 2. The van der Waals surface area contributed by atoms with Gasteiger partial charge in [0.05, 0.1) is 12.2 Å². The second-order valence-corrected chi connectivity index (χ2v) is 5.08. The van der Waals surface area contributed by atoms with Gasteiger partial charge in [0.15, 0.2) is 0 Å². The van der Waals surface area contributed by atoms with Crippen LogP contribution in [0.2, 0.25) is 5.15 Å². The van der Waals surface area contributed by atoms with Gasteiger partial charge in [0.25, 0.3) is 0 Å². The lowest BCUT2D eigenvalue weighted by Gasteiger charge is -2.19. The summed E-state index contributed by atoms with van der Waals surface area (Å²) in [5.74, 6) is 0. The summed E-state index contributed by atoms with van der Waals surface area (Å²) in [4.78, 5) is 26.0. The topological polar surface area (TPSA) is 68.3 Å². The van der Waals surface area contributed by atoms with Gasteiger partial charge in [-0.2, -0.15) is 0 Å². The number of hydrogen-bond acceptors (Lipinski definition) is 4. The van der Waals surface area contributed by atoms with Gasteiger partial charge in [-0.1, -0.05) is 11.6 Å². The van der Waals surface area contributed by atoms with E-state index in [-0.39, 0.29) is 11.7 Å². The molecule has 0 saturated heterocycles. The van der Waals surface area contributed by atoms with Crippen LogP contribution < -0.4 is 5.32 Å². The Bertz CT molecular complexity index is 455. The number of nitrogens with zero attached hydrogens (tertiary/aromatic N) is 1. The van der Waals surface area contributed by atoms with E-state index in [1.165, 1.54) is 6.07 Å². The van der Waals surface area contributed by atoms with Crippen molar-refractivity contribution in [3.05, 3.63) is 28.5 Å². The van der Waals surface area contributed by atoms with E-state index in [0.29, 0.717) is 17.5 Å². The lowest BCUT2D eigenvalue weighted by Crippen LogP contribution is -2.32. The Hall–Kier alpha value is -1.62. The van der Waals surface area contributed by atoms with E-state index < -0.39 is 11.7 Å². The molecule has 1 amide bonds. The molecule has 0 atom stereocenters. The van der Waals surface area contributed by atoms with Gasteiger partial charge in [0, 0.05) is 5.56 Å². The van der Waals surface area contributed by atoms with Crippen LogP contribution in [0.1, 0.15) is 36.8 Å².